The normalized spacial score (nSPS) is 24.4. The maximum absolute atomic E-state index is 6.28. The molecule has 3 fully saturated rings. The number of rotatable bonds is 7. The summed E-state index contributed by atoms with van der Waals surface area (Å²) in [5, 5.41) is 7.82. The summed E-state index contributed by atoms with van der Waals surface area (Å²) in [7, 11) is 0. The summed E-state index contributed by atoms with van der Waals surface area (Å²) in [6.45, 7) is 8.73. The molecule has 0 bridgehead atoms. The van der Waals surface area contributed by atoms with Crippen molar-refractivity contribution in [3.8, 4) is 0 Å². The van der Waals surface area contributed by atoms with Crippen LogP contribution in [0, 0.1) is 5.92 Å². The summed E-state index contributed by atoms with van der Waals surface area (Å²) in [4.78, 5) is 17.2. The Hall–Kier alpha value is -2.46. The van der Waals surface area contributed by atoms with E-state index in [9.17, 15) is 0 Å². The second kappa shape index (κ2) is 11.3. The summed E-state index contributed by atoms with van der Waals surface area (Å²) in [5.74, 6) is 2.17. The summed E-state index contributed by atoms with van der Waals surface area (Å²) in [6.07, 6.45) is 8.32. The number of nitrogens with zero attached hydrogens (tertiary/aromatic N) is 5. The Morgan fingerprint density at radius 1 is 1.03 bits per heavy atom. The minimum absolute atomic E-state index is 0.0732. The molecule has 1 saturated carbocycles. The standard InChI is InChI=1S/C28H38ClN7O2/c1-28(9-13-37-14-10-28)34-26-30-18-24-25(33-26)36(27(32-24)31-22-4-2-3-21(29)17-22)23-7-5-20(6-8-23)19-35-11-15-38-16-12-35/h2-4,17-18,20,23H,5-16,19H2,1H3,(H,31,32)(H,30,33,34). The second-order valence-corrected chi connectivity index (χ2v) is 11.7. The van der Waals surface area contributed by atoms with Gasteiger partial charge in [-0.05, 0) is 69.6 Å². The van der Waals surface area contributed by atoms with Gasteiger partial charge in [-0.2, -0.15) is 4.98 Å². The first-order chi connectivity index (χ1) is 18.5. The molecular weight excluding hydrogens is 502 g/mol. The molecule has 204 valence electrons. The van der Waals surface area contributed by atoms with Gasteiger partial charge >= 0.3 is 0 Å². The molecule has 0 amide bonds. The molecule has 2 saturated heterocycles. The zero-order chi connectivity index (χ0) is 26.0. The zero-order valence-corrected chi connectivity index (χ0v) is 22.9. The largest absolute Gasteiger partial charge is 0.381 e. The van der Waals surface area contributed by atoms with Crippen LogP contribution in [0.5, 0.6) is 0 Å². The molecule has 2 N–H and O–H groups in total. The van der Waals surface area contributed by atoms with Crippen LogP contribution in [0.4, 0.5) is 17.6 Å². The van der Waals surface area contributed by atoms with Crippen molar-refractivity contribution in [2.24, 2.45) is 5.92 Å². The third-order valence-corrected chi connectivity index (χ3v) is 8.56. The van der Waals surface area contributed by atoms with Crippen LogP contribution in [-0.4, -0.2) is 76.0 Å². The highest BCUT2D eigenvalue weighted by molar-refractivity contribution is 6.30. The SMILES string of the molecule is CC1(Nc2ncc3nc(Nc4cccc(Cl)c4)n(C4CCC(CN5CCOCC5)CC4)c3n2)CCOCC1. The van der Waals surface area contributed by atoms with Gasteiger partial charge in [-0.1, -0.05) is 17.7 Å². The number of ether oxygens (including phenoxy) is 2. The van der Waals surface area contributed by atoms with E-state index in [0.717, 1.165) is 93.9 Å². The van der Waals surface area contributed by atoms with Crippen LogP contribution in [0.15, 0.2) is 30.5 Å². The minimum atomic E-state index is -0.0732. The Labute approximate surface area is 229 Å². The number of aromatic nitrogens is 4. The summed E-state index contributed by atoms with van der Waals surface area (Å²) < 4.78 is 13.4. The molecule has 2 aromatic heterocycles. The lowest BCUT2D eigenvalue weighted by molar-refractivity contribution is 0.0267. The molecule has 3 aromatic rings. The average Bonchev–Trinajstić information content (AvgIpc) is 3.27. The fraction of sp³-hybridized carbons (Fsp3) is 0.607. The third kappa shape index (κ3) is 5.91. The maximum atomic E-state index is 6.28. The van der Waals surface area contributed by atoms with Crippen LogP contribution < -0.4 is 10.6 Å². The predicted octanol–water partition coefficient (Wildman–Crippen LogP) is 5.27. The van der Waals surface area contributed by atoms with E-state index in [1.54, 1.807) is 0 Å². The van der Waals surface area contributed by atoms with E-state index in [-0.39, 0.29) is 5.54 Å². The number of anilines is 3. The number of benzene rings is 1. The molecule has 9 nitrogen and oxygen atoms in total. The van der Waals surface area contributed by atoms with Crippen molar-refractivity contribution in [2.75, 3.05) is 56.7 Å². The van der Waals surface area contributed by atoms with Gasteiger partial charge in [0.15, 0.2) is 5.65 Å². The smallest absolute Gasteiger partial charge is 0.225 e. The fourth-order valence-corrected chi connectivity index (χ4v) is 6.22. The molecule has 0 spiro atoms. The lowest BCUT2D eigenvalue weighted by Gasteiger charge is -2.35. The van der Waals surface area contributed by atoms with Gasteiger partial charge in [0.25, 0.3) is 0 Å². The number of imidazole rings is 1. The number of hydrogen-bond donors (Lipinski definition) is 2. The third-order valence-electron chi connectivity index (χ3n) is 8.32. The summed E-state index contributed by atoms with van der Waals surface area (Å²) in [5.41, 5.74) is 2.51. The van der Waals surface area contributed by atoms with E-state index in [2.05, 4.69) is 32.0 Å². The van der Waals surface area contributed by atoms with Gasteiger partial charge in [0.1, 0.15) is 5.52 Å². The Kier molecular flexibility index (Phi) is 7.70. The van der Waals surface area contributed by atoms with Gasteiger partial charge in [-0.15, -0.1) is 0 Å². The maximum Gasteiger partial charge on any atom is 0.225 e. The summed E-state index contributed by atoms with van der Waals surface area (Å²) >= 11 is 6.28. The minimum Gasteiger partial charge on any atom is -0.381 e. The van der Waals surface area contributed by atoms with E-state index in [1.165, 1.54) is 19.4 Å². The first kappa shape index (κ1) is 25.8. The zero-order valence-electron chi connectivity index (χ0n) is 22.2. The predicted molar refractivity (Wildman–Crippen MR) is 150 cm³/mol. The van der Waals surface area contributed by atoms with E-state index in [0.29, 0.717) is 17.0 Å². The van der Waals surface area contributed by atoms with Crippen molar-refractivity contribution in [1.82, 2.24) is 24.4 Å². The quantitative estimate of drug-likeness (QED) is 0.420. The van der Waals surface area contributed by atoms with Crippen LogP contribution >= 0.6 is 11.6 Å². The molecule has 4 heterocycles. The van der Waals surface area contributed by atoms with Gasteiger partial charge < -0.3 is 20.1 Å². The Morgan fingerprint density at radius 2 is 1.79 bits per heavy atom. The molecule has 1 aliphatic carbocycles. The lowest BCUT2D eigenvalue weighted by Crippen LogP contribution is -2.41. The average molecular weight is 540 g/mol. The van der Waals surface area contributed by atoms with Crippen LogP contribution in [-0.2, 0) is 9.47 Å². The van der Waals surface area contributed by atoms with Crippen molar-refractivity contribution < 1.29 is 9.47 Å². The topological polar surface area (TPSA) is 89.4 Å². The van der Waals surface area contributed by atoms with Gasteiger partial charge in [-0.25, -0.2) is 9.97 Å². The summed E-state index contributed by atoms with van der Waals surface area (Å²) in [6, 6.07) is 8.09. The first-order valence-electron chi connectivity index (χ1n) is 14.0. The second-order valence-electron chi connectivity index (χ2n) is 11.2. The molecule has 10 heteroatoms. The highest BCUT2D eigenvalue weighted by Gasteiger charge is 2.30. The van der Waals surface area contributed by atoms with Gasteiger partial charge in [0, 0.05) is 55.1 Å². The highest BCUT2D eigenvalue weighted by Crippen LogP contribution is 2.38. The molecule has 0 radical (unpaired) electrons. The van der Waals surface area contributed by atoms with E-state index in [1.807, 2.05) is 30.5 Å². The van der Waals surface area contributed by atoms with Crippen molar-refractivity contribution in [3.63, 3.8) is 0 Å². The monoisotopic (exact) mass is 539 g/mol. The Bertz CT molecular complexity index is 1230. The van der Waals surface area contributed by atoms with Crippen LogP contribution in [0.1, 0.15) is 51.5 Å². The van der Waals surface area contributed by atoms with Crippen molar-refractivity contribution in [1.29, 1.82) is 0 Å². The van der Waals surface area contributed by atoms with Crippen LogP contribution in [0.3, 0.4) is 0 Å². The number of morpholine rings is 1. The van der Waals surface area contributed by atoms with E-state index >= 15 is 0 Å². The molecule has 0 unspecified atom stereocenters. The van der Waals surface area contributed by atoms with Crippen molar-refractivity contribution in [3.05, 3.63) is 35.5 Å². The van der Waals surface area contributed by atoms with Crippen LogP contribution in [0.2, 0.25) is 5.02 Å². The molecule has 2 aliphatic heterocycles. The first-order valence-corrected chi connectivity index (χ1v) is 14.4. The van der Waals surface area contributed by atoms with Gasteiger partial charge in [0.2, 0.25) is 11.9 Å². The van der Waals surface area contributed by atoms with Crippen molar-refractivity contribution in [2.45, 2.75) is 57.0 Å². The van der Waals surface area contributed by atoms with E-state index in [4.69, 9.17) is 31.0 Å². The molecule has 6 rings (SSSR count). The molecule has 3 aliphatic rings. The molecule has 38 heavy (non-hydrogen) atoms. The number of nitrogens with one attached hydrogen (secondary N) is 2. The molecular formula is C28H38ClN7O2. The highest BCUT2D eigenvalue weighted by atomic mass is 35.5. The van der Waals surface area contributed by atoms with E-state index < -0.39 is 0 Å². The molecule has 1 aromatic carbocycles. The molecule has 0 atom stereocenters. The Balaban J connectivity index is 1.26. The van der Waals surface area contributed by atoms with Gasteiger partial charge in [-0.3, -0.25) is 9.47 Å². The Morgan fingerprint density at radius 3 is 2.55 bits per heavy atom. The van der Waals surface area contributed by atoms with Gasteiger partial charge in [0.05, 0.1) is 19.4 Å². The number of hydrogen-bond acceptors (Lipinski definition) is 8. The number of fused-ring (bicyclic) bond motifs is 1. The van der Waals surface area contributed by atoms with Crippen molar-refractivity contribution >= 4 is 40.3 Å². The van der Waals surface area contributed by atoms with Crippen LogP contribution in [0.25, 0.3) is 11.2 Å². The number of halogens is 1. The fourth-order valence-electron chi connectivity index (χ4n) is 6.03. The lowest BCUT2D eigenvalue weighted by atomic mass is 9.85.